The van der Waals surface area contributed by atoms with Gasteiger partial charge in [-0.1, -0.05) is 31.7 Å². The lowest BCUT2D eigenvalue weighted by Gasteiger charge is -2.19. The van der Waals surface area contributed by atoms with Gasteiger partial charge < -0.3 is 5.32 Å². The number of benzene rings is 1. The number of halogens is 4. The van der Waals surface area contributed by atoms with Crippen LogP contribution in [-0.4, -0.2) is 14.5 Å². The molecular weight excluding hydrogens is 449 g/mol. The molecule has 2 aromatic heterocycles. The minimum absolute atomic E-state index is 0.0833. The summed E-state index contributed by atoms with van der Waals surface area (Å²) in [6.07, 6.45) is 0.477. The summed E-state index contributed by atoms with van der Waals surface area (Å²) in [5, 5.41) is 3.54. The number of rotatable bonds is 6. The van der Waals surface area contributed by atoms with E-state index in [0.717, 1.165) is 6.07 Å². The zero-order chi connectivity index (χ0) is 21.3. The summed E-state index contributed by atoms with van der Waals surface area (Å²) in [6, 6.07) is 3.21. The molecule has 9 heteroatoms. The van der Waals surface area contributed by atoms with Crippen molar-refractivity contribution in [2.24, 2.45) is 0 Å². The summed E-state index contributed by atoms with van der Waals surface area (Å²) >= 11 is 3.28. The Labute approximate surface area is 173 Å². The van der Waals surface area contributed by atoms with Crippen molar-refractivity contribution < 1.29 is 13.2 Å². The molecule has 152 valence electrons. The summed E-state index contributed by atoms with van der Waals surface area (Å²) in [7, 11) is 0. The molecule has 0 aliphatic carbocycles. The van der Waals surface area contributed by atoms with Crippen LogP contribution in [0.4, 0.5) is 19.0 Å². The Kier molecular flexibility index (Phi) is 6.07. The average molecular weight is 467 g/mol. The molecule has 1 atom stereocenters. The third-order valence-corrected chi connectivity index (χ3v) is 5.33. The first kappa shape index (κ1) is 21.0. The number of fused-ring (bicyclic) bond motifs is 1. The lowest BCUT2D eigenvalue weighted by atomic mass is 10.0. The Bertz CT molecular complexity index is 1150. The molecule has 0 fully saturated rings. The molecule has 0 saturated carbocycles. The highest BCUT2D eigenvalue weighted by atomic mass is 79.9. The van der Waals surface area contributed by atoms with Gasteiger partial charge in [0.15, 0.2) is 0 Å². The van der Waals surface area contributed by atoms with E-state index in [2.05, 4.69) is 37.8 Å². The van der Waals surface area contributed by atoms with Gasteiger partial charge in [0, 0.05) is 17.5 Å². The number of aromatic nitrogens is 3. The van der Waals surface area contributed by atoms with Crippen LogP contribution in [0.1, 0.15) is 43.9 Å². The van der Waals surface area contributed by atoms with E-state index in [1.807, 2.05) is 6.92 Å². The first-order valence-corrected chi connectivity index (χ1v) is 9.62. The van der Waals surface area contributed by atoms with E-state index in [-0.39, 0.29) is 15.6 Å². The van der Waals surface area contributed by atoms with Crippen LogP contribution in [-0.2, 0) is 0 Å². The third-order valence-electron chi connectivity index (χ3n) is 4.62. The topological polar surface area (TPSA) is 59.8 Å². The van der Waals surface area contributed by atoms with E-state index in [9.17, 15) is 18.0 Å². The van der Waals surface area contributed by atoms with Crippen LogP contribution >= 0.6 is 15.9 Å². The summed E-state index contributed by atoms with van der Waals surface area (Å²) in [4.78, 5) is 20.9. The molecule has 29 heavy (non-hydrogen) atoms. The van der Waals surface area contributed by atoms with E-state index < -0.39 is 23.8 Å². The second-order valence-electron chi connectivity index (χ2n) is 6.44. The fourth-order valence-corrected chi connectivity index (χ4v) is 3.47. The van der Waals surface area contributed by atoms with Crippen molar-refractivity contribution in [3.63, 3.8) is 0 Å². The first-order valence-electron chi connectivity index (χ1n) is 8.83. The number of allylic oxidation sites excluding steroid dienone is 1. The molecule has 3 rings (SSSR count). The summed E-state index contributed by atoms with van der Waals surface area (Å²) in [6.45, 7) is 7.39. The smallest absolute Gasteiger partial charge is 0.271 e. The van der Waals surface area contributed by atoms with Crippen LogP contribution in [0, 0.1) is 5.82 Å². The van der Waals surface area contributed by atoms with E-state index in [4.69, 9.17) is 0 Å². The van der Waals surface area contributed by atoms with Gasteiger partial charge >= 0.3 is 0 Å². The minimum Gasteiger partial charge on any atom is -0.363 e. The molecule has 1 aromatic carbocycles. The Balaban J connectivity index is 2.09. The third kappa shape index (κ3) is 3.91. The monoisotopic (exact) mass is 466 g/mol. The lowest BCUT2D eigenvalue weighted by molar-refractivity contribution is 0.146. The summed E-state index contributed by atoms with van der Waals surface area (Å²) < 4.78 is 42.2. The van der Waals surface area contributed by atoms with Gasteiger partial charge in [-0.25, -0.2) is 23.1 Å². The number of hydrogen-bond acceptors (Lipinski definition) is 4. The number of alkyl halides is 2. The van der Waals surface area contributed by atoms with Gasteiger partial charge in [0.1, 0.15) is 22.4 Å². The zero-order valence-corrected chi connectivity index (χ0v) is 17.3. The molecule has 5 nitrogen and oxygen atoms in total. The largest absolute Gasteiger partial charge is 0.363 e. The van der Waals surface area contributed by atoms with E-state index >= 15 is 0 Å². The highest BCUT2D eigenvalue weighted by Gasteiger charge is 2.21. The van der Waals surface area contributed by atoms with Crippen molar-refractivity contribution in [3.8, 4) is 0 Å². The van der Waals surface area contributed by atoms with Crippen molar-refractivity contribution in [1.82, 2.24) is 14.5 Å². The lowest BCUT2D eigenvalue weighted by Crippen LogP contribution is -2.20. The quantitative estimate of drug-likeness (QED) is 0.507. The Hall–Kier alpha value is -2.68. The van der Waals surface area contributed by atoms with Crippen LogP contribution in [0.5, 0.6) is 0 Å². The highest BCUT2D eigenvalue weighted by Crippen LogP contribution is 2.31. The molecule has 0 unspecified atom stereocenters. The van der Waals surface area contributed by atoms with Gasteiger partial charge in [0.25, 0.3) is 12.0 Å². The van der Waals surface area contributed by atoms with Crippen molar-refractivity contribution >= 4 is 38.3 Å². The summed E-state index contributed by atoms with van der Waals surface area (Å²) in [5.74, 6) is -0.624. The second-order valence-corrected chi connectivity index (χ2v) is 7.23. The zero-order valence-electron chi connectivity index (χ0n) is 15.7. The highest BCUT2D eigenvalue weighted by molar-refractivity contribution is 9.10. The van der Waals surface area contributed by atoms with Crippen LogP contribution in [0.15, 0.2) is 46.6 Å². The normalized spacial score (nSPS) is 12.4. The first-order chi connectivity index (χ1) is 13.8. The van der Waals surface area contributed by atoms with Gasteiger partial charge in [-0.2, -0.15) is 0 Å². The predicted octanol–water partition coefficient (Wildman–Crippen LogP) is 5.68. The number of nitrogens with zero attached hydrogens (tertiary/aromatic N) is 3. The van der Waals surface area contributed by atoms with E-state index in [1.165, 1.54) is 23.0 Å². The van der Waals surface area contributed by atoms with Gasteiger partial charge in [-0.05, 0) is 29.3 Å². The molecule has 0 spiro atoms. The SMILES string of the molecule is C=C(CC)n1cc2c(N[C@H](C)c3cccc(C(F)F)c3F)ncnc2c(Br)c1=O. The minimum atomic E-state index is -2.91. The van der Waals surface area contributed by atoms with Crippen LogP contribution < -0.4 is 10.9 Å². The van der Waals surface area contributed by atoms with E-state index in [0.29, 0.717) is 28.8 Å². The molecule has 2 heterocycles. The molecule has 0 amide bonds. The van der Waals surface area contributed by atoms with Crippen molar-refractivity contribution in [1.29, 1.82) is 0 Å². The van der Waals surface area contributed by atoms with Gasteiger partial charge in [-0.15, -0.1) is 0 Å². The number of hydrogen-bond donors (Lipinski definition) is 1. The summed E-state index contributed by atoms with van der Waals surface area (Å²) in [5.41, 5.74) is 0.0787. The van der Waals surface area contributed by atoms with Crippen LogP contribution in [0.2, 0.25) is 0 Å². The molecule has 0 radical (unpaired) electrons. The maximum Gasteiger partial charge on any atom is 0.271 e. The molecule has 3 aromatic rings. The maximum absolute atomic E-state index is 14.5. The second kappa shape index (κ2) is 8.36. The van der Waals surface area contributed by atoms with Crippen LogP contribution in [0.3, 0.4) is 0 Å². The number of pyridine rings is 1. The Morgan fingerprint density at radius 1 is 1.31 bits per heavy atom. The molecule has 0 aliphatic rings. The fourth-order valence-electron chi connectivity index (χ4n) is 2.96. The number of anilines is 1. The number of nitrogens with one attached hydrogen (secondary N) is 1. The van der Waals surface area contributed by atoms with Crippen molar-refractivity contribution in [2.45, 2.75) is 32.7 Å². The van der Waals surface area contributed by atoms with Crippen molar-refractivity contribution in [2.75, 3.05) is 5.32 Å². The predicted molar refractivity (Wildman–Crippen MR) is 111 cm³/mol. The fraction of sp³-hybridized carbons (Fsp3) is 0.250. The van der Waals surface area contributed by atoms with Gasteiger partial charge in [-0.3, -0.25) is 9.36 Å². The van der Waals surface area contributed by atoms with E-state index in [1.54, 1.807) is 13.1 Å². The molecule has 0 aliphatic heterocycles. The van der Waals surface area contributed by atoms with Crippen LogP contribution in [0.25, 0.3) is 16.6 Å². The molecule has 0 saturated heterocycles. The van der Waals surface area contributed by atoms with Gasteiger partial charge in [0.2, 0.25) is 0 Å². The Morgan fingerprint density at radius 2 is 2.00 bits per heavy atom. The average Bonchev–Trinajstić information content (AvgIpc) is 2.70. The molecule has 1 N–H and O–H groups in total. The molecule has 0 bridgehead atoms. The molecular formula is C20H18BrF3N4O. The van der Waals surface area contributed by atoms with Crippen molar-refractivity contribution in [3.05, 3.63) is 69.1 Å². The standard InChI is InChI=1S/C20H18BrF3N4O/c1-4-10(2)28-8-14-17(15(21)20(28)29)25-9-26-19(14)27-11(3)12-6-5-7-13(16(12)22)18(23)24/h5-9,11,18H,2,4H2,1,3H3,(H,25,26,27)/t11-/m1/s1. The Morgan fingerprint density at radius 3 is 2.66 bits per heavy atom. The maximum atomic E-state index is 14.5. The van der Waals surface area contributed by atoms with Gasteiger partial charge in [0.05, 0.1) is 22.5 Å².